The molecule has 4 rings (SSSR count). The van der Waals surface area contributed by atoms with E-state index in [4.69, 9.17) is 23.2 Å². The maximum absolute atomic E-state index is 6.06. The topological polar surface area (TPSA) is 0 Å². The van der Waals surface area contributed by atoms with Gasteiger partial charge < -0.3 is 0 Å². The van der Waals surface area contributed by atoms with E-state index < -0.39 is 0 Å². The maximum Gasteiger partial charge on any atom is 0.0484 e. The van der Waals surface area contributed by atoms with Crippen LogP contribution in [0.15, 0.2) is 109 Å². The second-order valence-corrected chi connectivity index (χ2v) is 6.51. The highest BCUT2D eigenvalue weighted by Gasteiger charge is 2.00. The number of rotatable bonds is 2. The Morgan fingerprint density at radius 1 is 0.346 bits per heavy atom. The van der Waals surface area contributed by atoms with Gasteiger partial charge in [0, 0.05) is 21.2 Å². The van der Waals surface area contributed by atoms with Crippen molar-refractivity contribution in [2.24, 2.45) is 0 Å². The fourth-order valence-electron chi connectivity index (χ4n) is 2.63. The van der Waals surface area contributed by atoms with Crippen molar-refractivity contribution in [3.8, 4) is 22.3 Å². The quantitative estimate of drug-likeness (QED) is 0.332. The summed E-state index contributed by atoms with van der Waals surface area (Å²) in [5.41, 5.74) is 4.50. The molecule has 0 saturated heterocycles. The number of hydrogen-bond donors (Lipinski definition) is 0. The van der Waals surface area contributed by atoms with Gasteiger partial charge in [-0.3, -0.25) is 0 Å². The third-order valence-corrected chi connectivity index (χ3v) is 4.58. The molecular weight excluding hydrogens is 359 g/mol. The van der Waals surface area contributed by atoms with Gasteiger partial charge in [0.05, 0.1) is 0 Å². The van der Waals surface area contributed by atoms with Gasteiger partial charge in [0.2, 0.25) is 0 Å². The van der Waals surface area contributed by atoms with Crippen LogP contribution in [0.2, 0.25) is 10.0 Å². The second kappa shape index (κ2) is 9.24. The molecule has 4 aromatic carbocycles. The minimum absolute atomic E-state index is 0.800. The highest BCUT2D eigenvalue weighted by molar-refractivity contribution is 6.33. The van der Waals surface area contributed by atoms with Crippen molar-refractivity contribution >= 4 is 23.2 Å². The third kappa shape index (κ3) is 4.76. The monoisotopic (exact) mass is 376 g/mol. The fraction of sp³-hybridized carbons (Fsp3) is 0. The maximum atomic E-state index is 6.06. The zero-order valence-electron chi connectivity index (χ0n) is 14.1. The summed E-state index contributed by atoms with van der Waals surface area (Å²) in [5, 5.41) is 1.60. The van der Waals surface area contributed by atoms with Crippen LogP contribution in [-0.4, -0.2) is 0 Å². The van der Waals surface area contributed by atoms with E-state index in [0.717, 1.165) is 32.3 Å². The molecule has 26 heavy (non-hydrogen) atoms. The Hall–Kier alpha value is -2.54. The summed E-state index contributed by atoms with van der Waals surface area (Å²) >= 11 is 12.1. The average Bonchev–Trinajstić information content (AvgIpc) is 2.71. The lowest BCUT2D eigenvalue weighted by molar-refractivity contribution is 1.62. The van der Waals surface area contributed by atoms with Crippen LogP contribution in [0.1, 0.15) is 0 Å². The predicted octanol–water partition coefficient (Wildman–Crippen LogP) is 8.01. The lowest BCUT2D eigenvalue weighted by Crippen LogP contribution is -1.77. The molecule has 0 bridgehead atoms. The summed E-state index contributed by atoms with van der Waals surface area (Å²) in [6, 6.07) is 36.0. The Morgan fingerprint density at radius 3 is 1.00 bits per heavy atom. The molecule has 0 fully saturated rings. The summed E-state index contributed by atoms with van der Waals surface area (Å²) < 4.78 is 0. The molecule has 0 radical (unpaired) electrons. The summed E-state index contributed by atoms with van der Waals surface area (Å²) in [7, 11) is 0. The summed E-state index contributed by atoms with van der Waals surface area (Å²) in [4.78, 5) is 0. The molecule has 4 aromatic rings. The molecule has 0 nitrogen and oxygen atoms in total. The third-order valence-electron chi connectivity index (χ3n) is 3.92. The van der Waals surface area contributed by atoms with E-state index in [-0.39, 0.29) is 0 Å². The van der Waals surface area contributed by atoms with Crippen LogP contribution in [0.5, 0.6) is 0 Å². The van der Waals surface area contributed by atoms with Crippen molar-refractivity contribution < 1.29 is 0 Å². The van der Waals surface area contributed by atoms with E-state index in [0.29, 0.717) is 0 Å². The smallest absolute Gasteiger partial charge is 0.0484 e. The number of halogens is 2. The molecule has 0 aromatic heterocycles. The summed E-state index contributed by atoms with van der Waals surface area (Å²) in [5.74, 6) is 0. The van der Waals surface area contributed by atoms with E-state index in [1.54, 1.807) is 0 Å². The van der Waals surface area contributed by atoms with Gasteiger partial charge in [0.25, 0.3) is 0 Å². The van der Waals surface area contributed by atoms with Gasteiger partial charge >= 0.3 is 0 Å². The van der Waals surface area contributed by atoms with Gasteiger partial charge in [-0.2, -0.15) is 0 Å². The van der Waals surface area contributed by atoms with Gasteiger partial charge in [0.15, 0.2) is 0 Å². The van der Waals surface area contributed by atoms with Crippen LogP contribution in [0.3, 0.4) is 0 Å². The first-order valence-electron chi connectivity index (χ1n) is 8.35. The molecule has 0 amide bonds. The Bertz CT molecular complexity index is 867. The number of hydrogen-bond acceptors (Lipinski definition) is 0. The van der Waals surface area contributed by atoms with Crippen LogP contribution in [0.4, 0.5) is 0 Å². The van der Waals surface area contributed by atoms with Gasteiger partial charge in [0.1, 0.15) is 0 Å². The fourth-order valence-corrected chi connectivity index (χ4v) is 3.12. The first-order valence-corrected chi connectivity index (χ1v) is 9.11. The molecule has 128 valence electrons. The van der Waals surface area contributed by atoms with Crippen molar-refractivity contribution in [2.45, 2.75) is 0 Å². The normalized spacial score (nSPS) is 9.92. The van der Waals surface area contributed by atoms with E-state index in [9.17, 15) is 0 Å². The predicted molar refractivity (Wildman–Crippen MR) is 114 cm³/mol. The summed E-state index contributed by atoms with van der Waals surface area (Å²) in [6.45, 7) is 0. The molecule has 0 aliphatic heterocycles. The average molecular weight is 377 g/mol. The molecular formula is C24H18Cl2. The van der Waals surface area contributed by atoms with Crippen molar-refractivity contribution in [3.63, 3.8) is 0 Å². The second-order valence-electron chi connectivity index (χ2n) is 5.69. The molecule has 0 aliphatic carbocycles. The van der Waals surface area contributed by atoms with Crippen LogP contribution in [0, 0.1) is 0 Å². The van der Waals surface area contributed by atoms with Gasteiger partial charge in [-0.15, -0.1) is 0 Å². The lowest BCUT2D eigenvalue weighted by Gasteiger charge is -2.02. The van der Waals surface area contributed by atoms with E-state index >= 15 is 0 Å². The van der Waals surface area contributed by atoms with Crippen LogP contribution < -0.4 is 0 Å². The van der Waals surface area contributed by atoms with E-state index in [1.165, 1.54) is 0 Å². The van der Waals surface area contributed by atoms with Gasteiger partial charge in [-0.05, 0) is 23.3 Å². The van der Waals surface area contributed by atoms with Gasteiger partial charge in [-0.25, -0.2) is 0 Å². The molecule has 0 atom stereocenters. The lowest BCUT2D eigenvalue weighted by atomic mass is 10.1. The Morgan fingerprint density at radius 2 is 0.654 bits per heavy atom. The number of benzene rings is 4. The highest BCUT2D eigenvalue weighted by Crippen LogP contribution is 2.27. The molecule has 0 heterocycles. The first kappa shape index (κ1) is 18.3. The van der Waals surface area contributed by atoms with Gasteiger partial charge in [-0.1, -0.05) is 120 Å². The van der Waals surface area contributed by atoms with E-state index in [1.807, 2.05) is 84.9 Å². The minimum Gasteiger partial charge on any atom is -0.0837 e. The standard InChI is InChI=1S/2C12H9Cl/c2*13-12-9-5-4-8-11(12)10-6-2-1-3-7-10/h2*1-9H. The molecule has 0 spiro atoms. The van der Waals surface area contributed by atoms with E-state index in [2.05, 4.69) is 24.3 Å². The van der Waals surface area contributed by atoms with Crippen molar-refractivity contribution in [3.05, 3.63) is 119 Å². The highest BCUT2D eigenvalue weighted by atomic mass is 35.5. The molecule has 0 saturated carbocycles. The van der Waals surface area contributed by atoms with Crippen LogP contribution in [-0.2, 0) is 0 Å². The Kier molecular flexibility index (Phi) is 6.49. The van der Waals surface area contributed by atoms with Crippen molar-refractivity contribution in [2.75, 3.05) is 0 Å². The largest absolute Gasteiger partial charge is 0.0837 e. The van der Waals surface area contributed by atoms with Crippen LogP contribution in [0.25, 0.3) is 22.3 Å². The van der Waals surface area contributed by atoms with Crippen molar-refractivity contribution in [1.82, 2.24) is 0 Å². The molecule has 0 N–H and O–H groups in total. The zero-order chi connectivity index (χ0) is 18.2. The minimum atomic E-state index is 0.800. The molecule has 0 aliphatic rings. The zero-order valence-corrected chi connectivity index (χ0v) is 15.7. The first-order chi connectivity index (χ1) is 12.8. The summed E-state index contributed by atoms with van der Waals surface area (Å²) in [6.07, 6.45) is 0. The van der Waals surface area contributed by atoms with Crippen LogP contribution >= 0.6 is 23.2 Å². The molecule has 0 unspecified atom stereocenters. The van der Waals surface area contributed by atoms with Crippen molar-refractivity contribution in [1.29, 1.82) is 0 Å². The Balaban J connectivity index is 0.000000151. The SMILES string of the molecule is Clc1ccccc1-c1ccccc1.Clc1ccccc1-c1ccccc1. The molecule has 2 heteroatoms. The Labute approximate surface area is 164 Å².